The maximum Gasteiger partial charge on any atom is 0.231 e. The minimum absolute atomic E-state index is 0.0479. The molecule has 0 bridgehead atoms. The van der Waals surface area contributed by atoms with Crippen molar-refractivity contribution >= 4 is 21.3 Å². The molecule has 0 aromatic heterocycles. The first-order valence-electron chi connectivity index (χ1n) is 3.23. The van der Waals surface area contributed by atoms with Crippen LogP contribution >= 0.6 is 0 Å². The van der Waals surface area contributed by atoms with Crippen LogP contribution in [0.1, 0.15) is 6.42 Å². The van der Waals surface area contributed by atoms with Gasteiger partial charge in [-0.25, -0.2) is 22.1 Å². The van der Waals surface area contributed by atoms with Crippen LogP contribution in [0.4, 0.5) is 0 Å². The molecule has 0 heterocycles. The second-order valence-electron chi connectivity index (χ2n) is 2.02. The molecule has 3 N–H and O–H groups in total. The molecule has 8 heteroatoms. The molecule has 0 rings (SSSR count). The van der Waals surface area contributed by atoms with Crippen LogP contribution in [0.15, 0.2) is 0 Å². The van der Waals surface area contributed by atoms with E-state index in [1.807, 2.05) is 0 Å². The van der Waals surface area contributed by atoms with Crippen molar-refractivity contribution in [1.29, 1.82) is 0 Å². The molecule has 0 aliphatic carbocycles. The van der Waals surface area contributed by atoms with Gasteiger partial charge in [0.25, 0.3) is 0 Å². The maximum absolute atomic E-state index is 10.8. The monoisotopic (exact) mass is 216 g/mol. The van der Waals surface area contributed by atoms with E-state index in [1.54, 1.807) is 0 Å². The Balaban J connectivity index is 3.51. The van der Waals surface area contributed by atoms with Crippen molar-refractivity contribution in [3.63, 3.8) is 0 Å². The van der Waals surface area contributed by atoms with Crippen LogP contribution in [0.3, 0.4) is 0 Å². The summed E-state index contributed by atoms with van der Waals surface area (Å²) in [6, 6.07) is 0. The van der Waals surface area contributed by atoms with Crippen molar-refractivity contribution < 1.29 is 17.2 Å². The summed E-state index contributed by atoms with van der Waals surface area (Å²) >= 11 is -2.06. The molecule has 1 unspecified atom stereocenters. The molecule has 0 saturated carbocycles. The third-order valence-corrected chi connectivity index (χ3v) is 3.03. The summed E-state index contributed by atoms with van der Waals surface area (Å²) in [4.78, 5) is 0. The average molecular weight is 216 g/mol. The fourth-order valence-corrected chi connectivity index (χ4v) is 1.57. The van der Waals surface area contributed by atoms with Gasteiger partial charge in [0.1, 0.15) is 0 Å². The van der Waals surface area contributed by atoms with Gasteiger partial charge in [-0.1, -0.05) is 0 Å². The van der Waals surface area contributed by atoms with Crippen molar-refractivity contribution in [2.75, 3.05) is 19.3 Å². The van der Waals surface area contributed by atoms with Crippen LogP contribution in [-0.4, -0.2) is 36.5 Å². The fourth-order valence-electron chi connectivity index (χ4n) is 0.524. The first-order chi connectivity index (χ1) is 5.48. The highest BCUT2D eigenvalue weighted by molar-refractivity contribution is 7.89. The second kappa shape index (κ2) is 5.60. The van der Waals surface area contributed by atoms with E-state index in [1.165, 1.54) is 7.05 Å². The number of hydrogen-bond donors (Lipinski definition) is 3. The van der Waals surface area contributed by atoms with Crippen LogP contribution in [0, 0.1) is 0 Å². The molecule has 0 aliphatic rings. The number of nitrogens with one attached hydrogen (secondary N) is 2. The summed E-state index contributed by atoms with van der Waals surface area (Å²) in [5.41, 5.74) is 0. The molecule has 6 nitrogen and oxygen atoms in total. The van der Waals surface area contributed by atoms with E-state index < -0.39 is 21.3 Å². The molecule has 74 valence electrons. The first-order valence-corrected chi connectivity index (χ1v) is 5.99. The van der Waals surface area contributed by atoms with E-state index in [2.05, 4.69) is 9.44 Å². The lowest BCUT2D eigenvalue weighted by Crippen LogP contribution is -2.25. The van der Waals surface area contributed by atoms with Crippen LogP contribution in [0.5, 0.6) is 0 Å². The predicted molar refractivity (Wildman–Crippen MR) is 46.2 cm³/mol. The summed E-state index contributed by atoms with van der Waals surface area (Å²) in [5, 5.41) is 0. The summed E-state index contributed by atoms with van der Waals surface area (Å²) in [5.74, 6) is -0.0479. The summed E-state index contributed by atoms with van der Waals surface area (Å²) in [6.45, 7) is 0.198. The van der Waals surface area contributed by atoms with Crippen molar-refractivity contribution in [3.05, 3.63) is 0 Å². The van der Waals surface area contributed by atoms with Crippen LogP contribution in [0.25, 0.3) is 0 Å². The van der Waals surface area contributed by atoms with E-state index in [9.17, 15) is 12.6 Å². The molecule has 0 spiro atoms. The highest BCUT2D eigenvalue weighted by atomic mass is 32.2. The average Bonchev–Trinajstić information content (AvgIpc) is 1.98. The van der Waals surface area contributed by atoms with Crippen molar-refractivity contribution in [1.82, 2.24) is 9.44 Å². The van der Waals surface area contributed by atoms with Gasteiger partial charge >= 0.3 is 0 Å². The van der Waals surface area contributed by atoms with E-state index in [4.69, 9.17) is 4.55 Å². The first kappa shape index (κ1) is 12.0. The summed E-state index contributed by atoms with van der Waals surface area (Å²) < 4.78 is 44.1. The Kier molecular flexibility index (Phi) is 5.59. The molecular weight excluding hydrogens is 204 g/mol. The molecular formula is C4H12N2O4S2. The number of rotatable bonds is 6. The smallest absolute Gasteiger partial charge is 0.231 e. The molecule has 0 aliphatic heterocycles. The minimum atomic E-state index is -3.19. The Morgan fingerprint density at radius 3 is 2.50 bits per heavy atom. The van der Waals surface area contributed by atoms with Gasteiger partial charge in [-0.05, 0) is 13.5 Å². The zero-order chi connectivity index (χ0) is 9.61. The SMILES string of the molecule is CNS(=O)(=O)CCCNS(=O)O. The standard InChI is InChI=1S/C4H12N2O4S2/c1-5-12(9,10)4-2-3-6-11(7)8/h5-6H,2-4H2,1H3,(H,7,8). The topological polar surface area (TPSA) is 95.5 Å². The Hall–Kier alpha value is -0.0200. The second-order valence-corrected chi connectivity index (χ2v) is 4.85. The van der Waals surface area contributed by atoms with Gasteiger partial charge in [0.2, 0.25) is 21.3 Å². The normalized spacial score (nSPS) is 14.5. The third kappa shape index (κ3) is 6.68. The third-order valence-electron chi connectivity index (χ3n) is 1.13. The highest BCUT2D eigenvalue weighted by Gasteiger charge is 2.05. The molecule has 0 aromatic carbocycles. The summed E-state index contributed by atoms with van der Waals surface area (Å²) in [6.07, 6.45) is 0.301. The molecule has 0 fully saturated rings. The quantitative estimate of drug-likeness (QED) is 0.378. The Morgan fingerprint density at radius 1 is 1.50 bits per heavy atom. The van der Waals surface area contributed by atoms with Gasteiger partial charge in [0.05, 0.1) is 5.75 Å². The number of sulfonamides is 1. The zero-order valence-corrected chi connectivity index (χ0v) is 8.24. The molecule has 0 saturated heterocycles. The Morgan fingerprint density at radius 2 is 2.08 bits per heavy atom. The van der Waals surface area contributed by atoms with Crippen molar-refractivity contribution in [3.8, 4) is 0 Å². The minimum Gasteiger partial charge on any atom is -0.294 e. The molecule has 0 radical (unpaired) electrons. The van der Waals surface area contributed by atoms with E-state index in [0.29, 0.717) is 6.42 Å². The van der Waals surface area contributed by atoms with Gasteiger partial charge in [0.15, 0.2) is 0 Å². The van der Waals surface area contributed by atoms with Gasteiger partial charge in [-0.3, -0.25) is 4.55 Å². The predicted octanol–water partition coefficient (Wildman–Crippen LogP) is -1.35. The fraction of sp³-hybridized carbons (Fsp3) is 1.00. The highest BCUT2D eigenvalue weighted by Crippen LogP contribution is 1.86. The molecule has 0 amide bonds. The van der Waals surface area contributed by atoms with Crippen molar-refractivity contribution in [2.45, 2.75) is 6.42 Å². The summed E-state index contributed by atoms with van der Waals surface area (Å²) in [7, 11) is -1.86. The van der Waals surface area contributed by atoms with E-state index in [0.717, 1.165) is 0 Å². The lowest BCUT2D eigenvalue weighted by Gasteiger charge is -2.01. The molecule has 12 heavy (non-hydrogen) atoms. The Labute approximate surface area is 74.2 Å². The maximum atomic E-state index is 10.8. The van der Waals surface area contributed by atoms with E-state index in [-0.39, 0.29) is 12.3 Å². The molecule has 0 aromatic rings. The Bertz CT molecular complexity index is 237. The van der Waals surface area contributed by atoms with Crippen LogP contribution in [-0.2, 0) is 21.3 Å². The largest absolute Gasteiger partial charge is 0.294 e. The van der Waals surface area contributed by atoms with Gasteiger partial charge < -0.3 is 0 Å². The van der Waals surface area contributed by atoms with Crippen LogP contribution < -0.4 is 9.44 Å². The van der Waals surface area contributed by atoms with Gasteiger partial charge in [-0.2, -0.15) is 0 Å². The lowest BCUT2D eigenvalue weighted by molar-refractivity contribution is 0.546. The van der Waals surface area contributed by atoms with Crippen molar-refractivity contribution in [2.24, 2.45) is 0 Å². The zero-order valence-electron chi connectivity index (χ0n) is 6.61. The number of hydrogen-bond acceptors (Lipinski definition) is 3. The molecule has 1 atom stereocenters. The van der Waals surface area contributed by atoms with Gasteiger partial charge in [0, 0.05) is 6.54 Å². The van der Waals surface area contributed by atoms with Gasteiger partial charge in [-0.15, -0.1) is 0 Å². The van der Waals surface area contributed by atoms with E-state index >= 15 is 0 Å². The van der Waals surface area contributed by atoms with Crippen LogP contribution in [0.2, 0.25) is 0 Å². The lowest BCUT2D eigenvalue weighted by atomic mass is 10.5.